The zero-order valence-electron chi connectivity index (χ0n) is 16.2. The van der Waals surface area contributed by atoms with Crippen LogP contribution in [0.1, 0.15) is 15.9 Å². The number of hydrogen-bond acceptors (Lipinski definition) is 2. The lowest BCUT2D eigenvalue weighted by Crippen LogP contribution is -2.14. The number of ether oxygens (including phenoxy) is 1. The summed E-state index contributed by atoms with van der Waals surface area (Å²) >= 11 is 18.2. The third-order valence-corrected chi connectivity index (χ3v) is 7.18. The van der Waals surface area contributed by atoms with E-state index in [0.717, 1.165) is 24.4 Å². The van der Waals surface area contributed by atoms with Crippen LogP contribution in [-0.4, -0.2) is 5.91 Å². The molecule has 0 radical (unpaired) electrons. The second kappa shape index (κ2) is 9.36. The van der Waals surface area contributed by atoms with E-state index in [-0.39, 0.29) is 5.91 Å². The Balaban J connectivity index is 1.69. The van der Waals surface area contributed by atoms with Crippen molar-refractivity contribution in [2.75, 3.05) is 5.32 Å². The molecule has 0 aliphatic rings. The zero-order valence-corrected chi connectivity index (χ0v) is 21.4. The second-order valence-electron chi connectivity index (χ2n) is 6.86. The van der Waals surface area contributed by atoms with Gasteiger partial charge >= 0.3 is 0 Å². The first-order valence-corrected chi connectivity index (χ1v) is 11.9. The van der Waals surface area contributed by atoms with Crippen LogP contribution in [0.4, 0.5) is 5.69 Å². The molecular formula is C24H15BrCl2INO2. The summed E-state index contributed by atoms with van der Waals surface area (Å²) in [5.74, 6) is 0.815. The smallest absolute Gasteiger partial charge is 0.256 e. The molecular weight excluding hydrogens is 612 g/mol. The van der Waals surface area contributed by atoms with Crippen molar-refractivity contribution in [2.24, 2.45) is 0 Å². The third kappa shape index (κ3) is 4.85. The predicted molar refractivity (Wildman–Crippen MR) is 140 cm³/mol. The highest BCUT2D eigenvalue weighted by atomic mass is 127. The largest absolute Gasteiger partial charge is 0.454 e. The Hall–Kier alpha value is -1.80. The van der Waals surface area contributed by atoms with E-state index in [9.17, 15) is 4.79 Å². The summed E-state index contributed by atoms with van der Waals surface area (Å²) in [7, 11) is 0. The number of anilines is 1. The van der Waals surface area contributed by atoms with Gasteiger partial charge in [0.05, 0.1) is 10.2 Å². The number of carbonyl (C=O) groups excluding carboxylic acids is 1. The number of nitrogens with one attached hydrogen (secondary N) is 1. The Kier molecular flexibility index (Phi) is 6.77. The summed E-state index contributed by atoms with van der Waals surface area (Å²) in [6.07, 6.45) is 0. The Morgan fingerprint density at radius 2 is 1.71 bits per heavy atom. The van der Waals surface area contributed by atoms with Gasteiger partial charge in [-0.25, -0.2) is 0 Å². The van der Waals surface area contributed by atoms with Crippen molar-refractivity contribution in [3.8, 4) is 11.5 Å². The highest BCUT2D eigenvalue weighted by Crippen LogP contribution is 2.39. The van der Waals surface area contributed by atoms with Gasteiger partial charge < -0.3 is 10.1 Å². The summed E-state index contributed by atoms with van der Waals surface area (Å²) in [4.78, 5) is 13.0. The van der Waals surface area contributed by atoms with Crippen LogP contribution in [0.25, 0.3) is 10.8 Å². The molecule has 3 nitrogen and oxygen atoms in total. The fourth-order valence-electron chi connectivity index (χ4n) is 3.17. The van der Waals surface area contributed by atoms with Crippen molar-refractivity contribution in [3.63, 3.8) is 0 Å². The summed E-state index contributed by atoms with van der Waals surface area (Å²) < 4.78 is 7.92. The van der Waals surface area contributed by atoms with Gasteiger partial charge in [-0.2, -0.15) is 0 Å². The van der Waals surface area contributed by atoms with Crippen molar-refractivity contribution in [1.82, 2.24) is 0 Å². The molecule has 31 heavy (non-hydrogen) atoms. The van der Waals surface area contributed by atoms with Crippen molar-refractivity contribution in [2.45, 2.75) is 6.92 Å². The number of fused-ring (bicyclic) bond motifs is 1. The molecule has 4 rings (SSSR count). The zero-order chi connectivity index (χ0) is 22.1. The molecule has 0 aliphatic carbocycles. The van der Waals surface area contributed by atoms with Crippen LogP contribution in [0.5, 0.6) is 11.5 Å². The Bertz CT molecular complexity index is 1330. The summed E-state index contributed by atoms with van der Waals surface area (Å²) in [6.45, 7) is 1.88. The molecule has 0 aliphatic heterocycles. The van der Waals surface area contributed by atoms with Crippen LogP contribution >= 0.6 is 61.7 Å². The number of hydrogen-bond donors (Lipinski definition) is 1. The molecule has 0 unspecified atom stereocenters. The molecule has 4 aromatic rings. The maximum atomic E-state index is 13.0. The minimum Gasteiger partial charge on any atom is -0.454 e. The number of amides is 1. The normalized spacial score (nSPS) is 10.9. The summed E-state index contributed by atoms with van der Waals surface area (Å²) in [5, 5.41) is 6.03. The average Bonchev–Trinajstić information content (AvgIpc) is 2.74. The van der Waals surface area contributed by atoms with Gasteiger partial charge in [-0.3, -0.25) is 4.79 Å². The quantitative estimate of drug-likeness (QED) is 0.230. The fourth-order valence-corrected chi connectivity index (χ4v) is 4.95. The number of carbonyl (C=O) groups is 1. The standard InChI is InChI=1S/C24H15BrCl2INO2/c1-13-18(10-16(27)11-19(13)28)24(30)29-20-12-15(26)7-9-21(20)31-22-8-6-14-4-2-3-5-17(14)23(22)25/h2-12H,1H3,(H,29,30). The first kappa shape index (κ1) is 22.4. The van der Waals surface area contributed by atoms with E-state index in [2.05, 4.69) is 43.8 Å². The summed E-state index contributed by atoms with van der Waals surface area (Å²) in [6, 6.07) is 20.5. The topological polar surface area (TPSA) is 38.3 Å². The number of halogens is 4. The molecule has 0 aromatic heterocycles. The van der Waals surface area contributed by atoms with E-state index in [4.69, 9.17) is 27.9 Å². The first-order chi connectivity index (χ1) is 14.8. The predicted octanol–water partition coefficient (Wildman–Crippen LogP) is 8.87. The molecule has 0 atom stereocenters. The maximum Gasteiger partial charge on any atom is 0.256 e. The lowest BCUT2D eigenvalue weighted by atomic mass is 10.1. The minimum atomic E-state index is -0.289. The van der Waals surface area contributed by atoms with Gasteiger partial charge in [-0.05, 0) is 98.2 Å². The molecule has 0 saturated heterocycles. The highest BCUT2D eigenvalue weighted by Gasteiger charge is 2.17. The molecule has 4 aromatic carbocycles. The molecule has 156 valence electrons. The van der Waals surface area contributed by atoms with Gasteiger partial charge in [-0.15, -0.1) is 0 Å². The van der Waals surface area contributed by atoms with Crippen LogP contribution in [0.15, 0.2) is 71.2 Å². The van der Waals surface area contributed by atoms with Crippen molar-refractivity contribution in [1.29, 1.82) is 0 Å². The molecule has 7 heteroatoms. The second-order valence-corrected chi connectivity index (χ2v) is 9.68. The SMILES string of the molecule is Cc1c(I)cc(Cl)cc1C(=O)Nc1cc(Cl)ccc1Oc1ccc2ccccc2c1Br. The minimum absolute atomic E-state index is 0.289. The van der Waals surface area contributed by atoms with Crippen LogP contribution in [-0.2, 0) is 0 Å². The molecule has 0 saturated carbocycles. The van der Waals surface area contributed by atoms with Crippen LogP contribution in [0, 0.1) is 10.5 Å². The van der Waals surface area contributed by atoms with E-state index >= 15 is 0 Å². The number of benzene rings is 4. The average molecular weight is 627 g/mol. The molecule has 0 spiro atoms. The van der Waals surface area contributed by atoms with Gasteiger partial charge in [0, 0.05) is 19.2 Å². The van der Waals surface area contributed by atoms with Gasteiger partial charge in [-0.1, -0.05) is 53.5 Å². The summed E-state index contributed by atoms with van der Waals surface area (Å²) in [5.41, 5.74) is 1.81. The molecule has 1 amide bonds. The lowest BCUT2D eigenvalue weighted by molar-refractivity contribution is 0.102. The van der Waals surface area contributed by atoms with Crippen LogP contribution < -0.4 is 10.1 Å². The van der Waals surface area contributed by atoms with Crippen LogP contribution in [0.2, 0.25) is 10.0 Å². The lowest BCUT2D eigenvalue weighted by Gasteiger charge is -2.16. The van der Waals surface area contributed by atoms with E-state index < -0.39 is 0 Å². The first-order valence-electron chi connectivity index (χ1n) is 9.25. The monoisotopic (exact) mass is 625 g/mol. The van der Waals surface area contributed by atoms with E-state index in [1.165, 1.54) is 0 Å². The van der Waals surface area contributed by atoms with E-state index in [0.29, 0.717) is 32.8 Å². The van der Waals surface area contributed by atoms with Crippen LogP contribution in [0.3, 0.4) is 0 Å². The van der Waals surface area contributed by atoms with Crippen molar-refractivity contribution in [3.05, 3.63) is 95.9 Å². The Morgan fingerprint density at radius 3 is 2.52 bits per heavy atom. The van der Waals surface area contributed by atoms with Gasteiger partial charge in [0.25, 0.3) is 5.91 Å². The highest BCUT2D eigenvalue weighted by molar-refractivity contribution is 14.1. The van der Waals surface area contributed by atoms with E-state index in [1.807, 2.05) is 49.4 Å². The third-order valence-electron chi connectivity index (χ3n) is 4.79. The number of rotatable bonds is 4. The Labute approximate surface area is 212 Å². The fraction of sp³-hybridized carbons (Fsp3) is 0.0417. The van der Waals surface area contributed by atoms with Gasteiger partial charge in [0.2, 0.25) is 0 Å². The van der Waals surface area contributed by atoms with Gasteiger partial charge in [0.15, 0.2) is 5.75 Å². The molecule has 0 bridgehead atoms. The molecule has 0 fully saturated rings. The van der Waals surface area contributed by atoms with Gasteiger partial charge in [0.1, 0.15) is 5.75 Å². The molecule has 0 heterocycles. The van der Waals surface area contributed by atoms with Crippen molar-refractivity contribution < 1.29 is 9.53 Å². The maximum absolute atomic E-state index is 13.0. The van der Waals surface area contributed by atoms with Crippen molar-refractivity contribution >= 4 is 84.1 Å². The van der Waals surface area contributed by atoms with E-state index in [1.54, 1.807) is 24.3 Å². The Morgan fingerprint density at radius 1 is 0.968 bits per heavy atom. The molecule has 1 N–H and O–H groups in total.